The van der Waals surface area contributed by atoms with Gasteiger partial charge in [-0.2, -0.15) is 84.3 Å². The second-order valence-electron chi connectivity index (χ2n) is 4.57. The van der Waals surface area contributed by atoms with Gasteiger partial charge in [0.2, 0.25) is 0 Å². The van der Waals surface area contributed by atoms with Gasteiger partial charge in [0, 0.05) is 0 Å². The van der Waals surface area contributed by atoms with Crippen molar-refractivity contribution in [1.29, 1.82) is 0 Å². The smallest absolute Gasteiger partial charge is 0.192 e. The Morgan fingerprint density at radius 2 is 0.593 bits per heavy atom. The molecule has 0 aliphatic rings. The van der Waals surface area contributed by atoms with E-state index in [4.69, 9.17) is 0 Å². The highest BCUT2D eigenvalue weighted by Crippen LogP contribution is 2.62. The Kier molecular flexibility index (Phi) is 5.80. The highest BCUT2D eigenvalue weighted by atomic mass is 19.4. The Hall–Kier alpha value is -1.30. The third kappa shape index (κ3) is 3.69. The molecule has 0 radical (unpaired) electrons. The van der Waals surface area contributed by atoms with Gasteiger partial charge < -0.3 is 0 Å². The lowest BCUT2D eigenvalue weighted by molar-refractivity contribution is -0.457. The summed E-state index contributed by atoms with van der Waals surface area (Å²) in [5, 5.41) is -1.62. The summed E-state index contributed by atoms with van der Waals surface area (Å²) in [5.41, 5.74) is 0. The van der Waals surface area contributed by atoms with Crippen LogP contribution in [-0.2, 0) is 0 Å². The van der Waals surface area contributed by atoms with Gasteiger partial charge in [0.05, 0.1) is 0 Å². The van der Waals surface area contributed by atoms with Gasteiger partial charge in [0.15, 0.2) is 0 Å². The van der Waals surface area contributed by atoms with Crippen LogP contribution in [0.15, 0.2) is 0 Å². The van der Waals surface area contributed by atoms with E-state index in [2.05, 4.69) is 0 Å². The number of nitrogens with one attached hydrogen (secondary N) is 1. The Balaban J connectivity index is 6.47. The van der Waals surface area contributed by atoms with E-state index in [1.165, 1.54) is 0 Å². The minimum absolute atomic E-state index is 1.62. The van der Waals surface area contributed by atoms with E-state index in [-0.39, 0.29) is 0 Å². The van der Waals surface area contributed by atoms with Crippen molar-refractivity contribution >= 4 is 0 Å². The van der Waals surface area contributed by atoms with Crippen LogP contribution in [0.2, 0.25) is 0 Å². The second kappa shape index (κ2) is 6.10. The topological polar surface area (TPSA) is 12.0 Å². The summed E-state index contributed by atoms with van der Waals surface area (Å²) in [5.74, 6) is -42.1. The molecule has 0 aliphatic carbocycles. The summed E-state index contributed by atoms with van der Waals surface area (Å²) in [4.78, 5) is 0. The van der Waals surface area contributed by atoms with Crippen molar-refractivity contribution in [2.75, 3.05) is 0 Å². The molecule has 19 heteroatoms. The molecule has 0 rings (SSSR count). The van der Waals surface area contributed by atoms with Crippen LogP contribution >= 0.6 is 0 Å². The van der Waals surface area contributed by atoms with E-state index in [1.54, 1.807) is 0 Å². The van der Waals surface area contributed by atoms with Gasteiger partial charge in [-0.3, -0.25) is 0 Å². The Morgan fingerprint density at radius 1 is 0.333 bits per heavy atom. The van der Waals surface area contributed by atoms with Crippen molar-refractivity contribution in [2.45, 2.75) is 48.1 Å². The molecule has 0 aromatic carbocycles. The summed E-state index contributed by atoms with van der Waals surface area (Å²) in [6.07, 6.45) is -14.5. The fourth-order valence-electron chi connectivity index (χ4n) is 1.22. The Morgan fingerprint density at radius 3 is 0.852 bits per heavy atom. The van der Waals surface area contributed by atoms with Crippen molar-refractivity contribution in [3.05, 3.63) is 0 Å². The van der Waals surface area contributed by atoms with E-state index in [0.29, 0.717) is 0 Å². The average Bonchev–Trinajstić information content (AvgIpc) is 2.33. The first-order valence-electron chi connectivity index (χ1n) is 5.40. The zero-order valence-corrected chi connectivity index (χ0v) is 11.3. The van der Waals surface area contributed by atoms with Crippen LogP contribution in [-0.4, -0.2) is 48.1 Å². The first-order chi connectivity index (χ1) is 11.2. The first-order valence-corrected chi connectivity index (χ1v) is 5.40. The van der Waals surface area contributed by atoms with Gasteiger partial charge in [0.1, 0.15) is 0 Å². The van der Waals surface area contributed by atoms with E-state index in [9.17, 15) is 79.0 Å². The number of alkyl halides is 18. The van der Waals surface area contributed by atoms with Crippen LogP contribution in [0.25, 0.3) is 0 Å². The van der Waals surface area contributed by atoms with Crippen LogP contribution in [0.3, 0.4) is 0 Å². The Bertz CT molecular complexity index is 537. The molecule has 0 amide bonds. The van der Waals surface area contributed by atoms with E-state index >= 15 is 0 Å². The highest BCUT2D eigenvalue weighted by Gasteiger charge is 2.93. The summed E-state index contributed by atoms with van der Waals surface area (Å²) >= 11 is 0. The van der Waals surface area contributed by atoms with Crippen LogP contribution in [0.5, 0.6) is 0 Å². The lowest BCUT2D eigenvalue weighted by atomic mass is 9.93. The minimum Gasteiger partial charge on any atom is -0.192 e. The quantitative estimate of drug-likeness (QED) is 0.418. The SMILES string of the molecule is FC(F)(F)NC(F)(F)C(F)(F)C(F)(F)C(F)(F)C(F)(F)C(F)(F)C(F)(F)F. The molecule has 0 saturated carbocycles. The molecule has 0 unspecified atom stereocenters. The first kappa shape index (κ1) is 25.7. The van der Waals surface area contributed by atoms with Gasteiger partial charge in [-0.25, -0.2) is 0 Å². The molecule has 0 aliphatic heterocycles. The predicted octanol–water partition coefficient (Wildman–Crippen LogP) is 5.43. The maximum absolute atomic E-state index is 12.9. The molecule has 1 nitrogen and oxygen atoms in total. The molecule has 0 spiro atoms. The third-order valence-electron chi connectivity index (χ3n) is 2.63. The molecule has 0 fully saturated rings. The number of hydrogen-bond acceptors (Lipinski definition) is 1. The van der Waals surface area contributed by atoms with Gasteiger partial charge in [0.25, 0.3) is 0 Å². The number of halogens is 18. The molecule has 0 aromatic rings. The van der Waals surface area contributed by atoms with E-state index in [1.807, 2.05) is 0 Å². The van der Waals surface area contributed by atoms with Crippen molar-refractivity contribution in [3.8, 4) is 0 Å². The standard InChI is InChI=1S/C8HF18N/c9-1(10,2(11,12)4(15,16)6(19,20)21)3(13,14)5(17,18)7(22,23)27-8(24,25)26/h27H. The van der Waals surface area contributed by atoms with Crippen LogP contribution in [0.1, 0.15) is 0 Å². The van der Waals surface area contributed by atoms with Crippen LogP contribution in [0.4, 0.5) is 79.0 Å². The zero-order valence-electron chi connectivity index (χ0n) is 11.3. The summed E-state index contributed by atoms with van der Waals surface area (Å²) in [7, 11) is 0. The molecule has 0 atom stereocenters. The van der Waals surface area contributed by atoms with Gasteiger partial charge in [-0.15, -0.1) is 0 Å². The van der Waals surface area contributed by atoms with Crippen molar-refractivity contribution in [3.63, 3.8) is 0 Å². The largest absolute Gasteiger partial charge is 0.462 e. The Labute approximate surface area is 134 Å². The monoisotopic (exact) mass is 453 g/mol. The number of rotatable bonds is 6. The molecule has 1 N–H and O–H groups in total. The lowest BCUT2D eigenvalue weighted by Gasteiger charge is -2.41. The summed E-state index contributed by atoms with van der Waals surface area (Å²) in [6, 6.07) is -7.55. The highest BCUT2D eigenvalue weighted by molar-refractivity contribution is 5.12. The molecule has 0 saturated heterocycles. The maximum Gasteiger partial charge on any atom is 0.462 e. The fourth-order valence-corrected chi connectivity index (χ4v) is 1.22. The molecule has 0 bridgehead atoms. The van der Waals surface area contributed by atoms with Crippen LogP contribution < -0.4 is 5.32 Å². The zero-order chi connectivity index (χ0) is 22.7. The molecule has 0 heterocycles. The summed E-state index contributed by atoms with van der Waals surface area (Å²) < 4.78 is 222. The van der Waals surface area contributed by atoms with Crippen LogP contribution in [0, 0.1) is 0 Å². The van der Waals surface area contributed by atoms with E-state index in [0.717, 1.165) is 0 Å². The molecule has 164 valence electrons. The molecular weight excluding hydrogens is 452 g/mol. The van der Waals surface area contributed by atoms with Crippen molar-refractivity contribution in [2.24, 2.45) is 0 Å². The maximum atomic E-state index is 12.9. The average molecular weight is 453 g/mol. The van der Waals surface area contributed by atoms with Gasteiger partial charge >= 0.3 is 48.1 Å². The molecule has 27 heavy (non-hydrogen) atoms. The van der Waals surface area contributed by atoms with Crippen molar-refractivity contribution in [1.82, 2.24) is 5.32 Å². The lowest BCUT2D eigenvalue weighted by Crippen LogP contribution is -2.74. The minimum atomic E-state index is -8.63. The second-order valence-corrected chi connectivity index (χ2v) is 4.57. The van der Waals surface area contributed by atoms with E-state index < -0.39 is 53.5 Å². The van der Waals surface area contributed by atoms with Gasteiger partial charge in [-0.05, 0) is 0 Å². The third-order valence-corrected chi connectivity index (χ3v) is 2.63. The number of hydrogen-bond donors (Lipinski definition) is 1. The fraction of sp³-hybridized carbons (Fsp3) is 1.00. The van der Waals surface area contributed by atoms with Crippen molar-refractivity contribution < 1.29 is 79.0 Å². The molecule has 0 aromatic heterocycles. The van der Waals surface area contributed by atoms with Gasteiger partial charge in [-0.1, -0.05) is 0 Å². The predicted molar refractivity (Wildman–Crippen MR) is 44.9 cm³/mol. The molecular formula is C8HF18N. The summed E-state index contributed by atoms with van der Waals surface area (Å²) in [6.45, 7) is 0. The normalized spacial score (nSPS) is 16.7.